The summed E-state index contributed by atoms with van der Waals surface area (Å²) in [5, 5.41) is 2.86. The van der Waals surface area contributed by atoms with Gasteiger partial charge in [0.1, 0.15) is 0 Å². The molecular weight excluding hydrogens is 264 g/mol. The molecule has 1 saturated carbocycles. The number of nitrogens with one attached hydrogen (secondary N) is 1. The fourth-order valence-corrected chi connectivity index (χ4v) is 3.04. The number of hydrogen-bond acceptors (Lipinski definition) is 2. The third kappa shape index (κ3) is 2.94. The second kappa shape index (κ2) is 5.88. The summed E-state index contributed by atoms with van der Waals surface area (Å²) in [6.07, 6.45) is 5.02. The molecule has 2 aliphatic rings. The fourth-order valence-electron chi connectivity index (χ4n) is 3.04. The van der Waals surface area contributed by atoms with Crippen molar-refractivity contribution in [2.75, 3.05) is 18.4 Å². The van der Waals surface area contributed by atoms with E-state index >= 15 is 0 Å². The number of benzene rings is 1. The summed E-state index contributed by atoms with van der Waals surface area (Å²) in [5.74, 6) is 0.858. The summed E-state index contributed by atoms with van der Waals surface area (Å²) < 4.78 is 0. The van der Waals surface area contributed by atoms with E-state index in [0.717, 1.165) is 36.3 Å². The molecule has 3 rings (SSSR count). The first-order chi connectivity index (χ1) is 10.2. The molecule has 1 heterocycles. The average molecular weight is 286 g/mol. The van der Waals surface area contributed by atoms with Crippen molar-refractivity contribution in [3.63, 3.8) is 0 Å². The number of fused-ring (bicyclic) bond motifs is 1. The van der Waals surface area contributed by atoms with Crippen molar-refractivity contribution in [3.05, 3.63) is 29.3 Å². The van der Waals surface area contributed by atoms with Crippen molar-refractivity contribution in [2.24, 2.45) is 5.92 Å². The van der Waals surface area contributed by atoms with Crippen LogP contribution < -0.4 is 5.32 Å². The zero-order chi connectivity index (χ0) is 14.8. The molecule has 1 aliphatic heterocycles. The second-order valence-electron chi connectivity index (χ2n) is 6.06. The number of rotatable bonds is 4. The van der Waals surface area contributed by atoms with Crippen LogP contribution in [0.25, 0.3) is 0 Å². The maximum absolute atomic E-state index is 12.6. The molecular formula is C17H22N2O2. The van der Waals surface area contributed by atoms with E-state index in [1.165, 1.54) is 19.3 Å². The predicted molar refractivity (Wildman–Crippen MR) is 82.3 cm³/mol. The molecule has 1 N–H and O–H groups in total. The van der Waals surface area contributed by atoms with Gasteiger partial charge in [-0.3, -0.25) is 9.59 Å². The van der Waals surface area contributed by atoms with Crippen molar-refractivity contribution < 1.29 is 9.59 Å². The van der Waals surface area contributed by atoms with Crippen LogP contribution in [0.15, 0.2) is 18.2 Å². The van der Waals surface area contributed by atoms with Crippen LogP contribution >= 0.6 is 0 Å². The number of amides is 2. The maximum Gasteiger partial charge on any atom is 0.253 e. The summed E-state index contributed by atoms with van der Waals surface area (Å²) >= 11 is 0. The van der Waals surface area contributed by atoms with Gasteiger partial charge in [-0.05, 0) is 55.9 Å². The van der Waals surface area contributed by atoms with Gasteiger partial charge in [-0.15, -0.1) is 0 Å². The van der Waals surface area contributed by atoms with Crippen molar-refractivity contribution in [1.29, 1.82) is 0 Å². The van der Waals surface area contributed by atoms with Gasteiger partial charge in [0.05, 0.1) is 0 Å². The standard InChI is InChI=1S/C17H22N2O2/c1-2-19(11-12-4-3-5-12)17(21)14-6-8-15-13(10-14)7-9-16(20)18-15/h6,8,10,12H,2-5,7,9,11H2,1H3,(H,18,20). The van der Waals surface area contributed by atoms with Gasteiger partial charge in [-0.25, -0.2) is 0 Å². The van der Waals surface area contributed by atoms with E-state index in [-0.39, 0.29) is 11.8 Å². The van der Waals surface area contributed by atoms with Crippen LogP contribution in [-0.2, 0) is 11.2 Å². The Morgan fingerprint density at radius 3 is 2.81 bits per heavy atom. The molecule has 0 spiro atoms. The monoisotopic (exact) mass is 286 g/mol. The predicted octanol–water partition coefficient (Wildman–Crippen LogP) is 2.83. The maximum atomic E-state index is 12.6. The summed E-state index contributed by atoms with van der Waals surface area (Å²) in [6, 6.07) is 5.63. The molecule has 112 valence electrons. The molecule has 1 fully saturated rings. The minimum Gasteiger partial charge on any atom is -0.339 e. The molecule has 0 atom stereocenters. The number of carbonyl (C=O) groups excluding carboxylic acids is 2. The zero-order valence-corrected chi connectivity index (χ0v) is 12.5. The van der Waals surface area contributed by atoms with E-state index in [1.54, 1.807) is 0 Å². The first-order valence-corrected chi connectivity index (χ1v) is 7.89. The first-order valence-electron chi connectivity index (χ1n) is 7.89. The lowest BCUT2D eigenvalue weighted by molar-refractivity contribution is -0.116. The molecule has 0 bridgehead atoms. The van der Waals surface area contributed by atoms with Gasteiger partial charge in [0.2, 0.25) is 5.91 Å². The highest BCUT2D eigenvalue weighted by Crippen LogP contribution is 2.28. The Morgan fingerprint density at radius 1 is 1.33 bits per heavy atom. The molecule has 2 amide bonds. The largest absolute Gasteiger partial charge is 0.339 e. The molecule has 1 aromatic rings. The van der Waals surface area contributed by atoms with Crippen molar-refractivity contribution in [1.82, 2.24) is 4.90 Å². The number of carbonyl (C=O) groups is 2. The summed E-state index contributed by atoms with van der Waals surface area (Å²) in [5.41, 5.74) is 2.66. The van der Waals surface area contributed by atoms with E-state index in [9.17, 15) is 9.59 Å². The van der Waals surface area contributed by atoms with Crippen LogP contribution in [0, 0.1) is 5.92 Å². The quantitative estimate of drug-likeness (QED) is 0.925. The average Bonchev–Trinajstić information content (AvgIpc) is 2.45. The first kappa shape index (κ1) is 14.1. The number of nitrogens with zero attached hydrogens (tertiary/aromatic N) is 1. The van der Waals surface area contributed by atoms with Gasteiger partial charge in [-0.2, -0.15) is 0 Å². The zero-order valence-electron chi connectivity index (χ0n) is 12.5. The molecule has 4 heteroatoms. The lowest BCUT2D eigenvalue weighted by atomic mass is 9.85. The Labute approximate surface area is 125 Å². The van der Waals surface area contributed by atoms with E-state index in [0.29, 0.717) is 12.3 Å². The summed E-state index contributed by atoms with van der Waals surface area (Å²) in [4.78, 5) is 26.0. The Hall–Kier alpha value is -1.84. The van der Waals surface area contributed by atoms with Crippen LogP contribution in [0.4, 0.5) is 5.69 Å². The van der Waals surface area contributed by atoms with Crippen molar-refractivity contribution in [3.8, 4) is 0 Å². The van der Waals surface area contributed by atoms with E-state index < -0.39 is 0 Å². The number of anilines is 1. The van der Waals surface area contributed by atoms with Gasteiger partial charge < -0.3 is 10.2 Å². The molecule has 0 aromatic heterocycles. The Morgan fingerprint density at radius 2 is 2.14 bits per heavy atom. The van der Waals surface area contributed by atoms with Crippen molar-refractivity contribution in [2.45, 2.75) is 39.0 Å². The molecule has 1 aliphatic carbocycles. The van der Waals surface area contributed by atoms with Gasteiger partial charge >= 0.3 is 0 Å². The van der Waals surface area contributed by atoms with E-state index in [2.05, 4.69) is 5.32 Å². The topological polar surface area (TPSA) is 49.4 Å². The van der Waals surface area contributed by atoms with Crippen molar-refractivity contribution >= 4 is 17.5 Å². The Kier molecular flexibility index (Phi) is 3.95. The van der Waals surface area contributed by atoms with Gasteiger partial charge in [0, 0.05) is 30.8 Å². The lowest BCUT2D eigenvalue weighted by Crippen LogP contribution is -2.37. The van der Waals surface area contributed by atoms with Crippen LogP contribution in [0.5, 0.6) is 0 Å². The van der Waals surface area contributed by atoms with Crippen LogP contribution in [-0.4, -0.2) is 29.8 Å². The van der Waals surface area contributed by atoms with Gasteiger partial charge in [0.25, 0.3) is 5.91 Å². The van der Waals surface area contributed by atoms with Gasteiger partial charge in [0.15, 0.2) is 0 Å². The molecule has 21 heavy (non-hydrogen) atoms. The van der Waals surface area contributed by atoms with Crippen LogP contribution in [0.3, 0.4) is 0 Å². The minimum absolute atomic E-state index is 0.0572. The smallest absolute Gasteiger partial charge is 0.253 e. The molecule has 1 aromatic carbocycles. The highest BCUT2D eigenvalue weighted by Gasteiger charge is 2.24. The molecule has 4 nitrogen and oxygen atoms in total. The minimum atomic E-state index is 0.0572. The Balaban J connectivity index is 1.75. The van der Waals surface area contributed by atoms with Crippen LogP contribution in [0.2, 0.25) is 0 Å². The third-order valence-corrected chi connectivity index (χ3v) is 4.62. The number of aryl methyl sites for hydroxylation is 1. The third-order valence-electron chi connectivity index (χ3n) is 4.62. The van der Waals surface area contributed by atoms with E-state index in [1.807, 2.05) is 30.0 Å². The summed E-state index contributed by atoms with van der Waals surface area (Å²) in [7, 11) is 0. The Bertz CT molecular complexity index is 564. The molecule has 0 unspecified atom stereocenters. The normalized spacial score (nSPS) is 17.7. The summed E-state index contributed by atoms with van der Waals surface area (Å²) in [6.45, 7) is 3.67. The number of hydrogen-bond donors (Lipinski definition) is 1. The molecule has 0 saturated heterocycles. The molecule has 0 radical (unpaired) electrons. The van der Waals surface area contributed by atoms with Crippen LogP contribution in [0.1, 0.15) is 48.5 Å². The highest BCUT2D eigenvalue weighted by molar-refractivity contribution is 5.98. The highest BCUT2D eigenvalue weighted by atomic mass is 16.2. The second-order valence-corrected chi connectivity index (χ2v) is 6.06. The fraction of sp³-hybridized carbons (Fsp3) is 0.529. The van der Waals surface area contributed by atoms with Gasteiger partial charge in [-0.1, -0.05) is 6.42 Å². The van der Waals surface area contributed by atoms with E-state index in [4.69, 9.17) is 0 Å². The lowest BCUT2D eigenvalue weighted by Gasteiger charge is -2.32. The SMILES string of the molecule is CCN(CC1CCC1)C(=O)c1ccc2c(c1)CCC(=O)N2.